The molecule has 0 rings (SSSR count). The standard InChI is InChI=1S/C8H16O4Si/c1-6(9)11-8(4-3-5-13)12-7(2)10/h8H,3-5H2,1-2,13H3. The van der Waals surface area contributed by atoms with Crippen molar-refractivity contribution in [3.63, 3.8) is 0 Å². The monoisotopic (exact) mass is 204 g/mol. The molecule has 0 saturated heterocycles. The summed E-state index contributed by atoms with van der Waals surface area (Å²) in [5.41, 5.74) is 0. The molecule has 76 valence electrons. The predicted molar refractivity (Wildman–Crippen MR) is 51.3 cm³/mol. The SMILES string of the molecule is CC(=O)OC(CCC[SiH3])OC(C)=O. The Morgan fingerprint density at radius 2 is 1.69 bits per heavy atom. The molecular formula is C8H16O4Si. The zero-order valence-electron chi connectivity index (χ0n) is 8.33. The van der Waals surface area contributed by atoms with Gasteiger partial charge in [0.1, 0.15) is 0 Å². The smallest absolute Gasteiger partial charge is 0.305 e. The summed E-state index contributed by atoms with van der Waals surface area (Å²) in [5, 5.41) is 0. The average Bonchev–Trinajstić information content (AvgIpc) is 1.98. The van der Waals surface area contributed by atoms with E-state index in [1.165, 1.54) is 13.8 Å². The molecule has 0 amide bonds. The highest BCUT2D eigenvalue weighted by Crippen LogP contribution is 2.06. The van der Waals surface area contributed by atoms with Gasteiger partial charge < -0.3 is 9.47 Å². The van der Waals surface area contributed by atoms with Gasteiger partial charge in [0.05, 0.1) is 0 Å². The van der Waals surface area contributed by atoms with Gasteiger partial charge in [-0.2, -0.15) is 0 Å². The van der Waals surface area contributed by atoms with Crippen LogP contribution in [0.4, 0.5) is 0 Å². The van der Waals surface area contributed by atoms with Crippen molar-refractivity contribution in [3.05, 3.63) is 0 Å². The third kappa shape index (κ3) is 7.52. The van der Waals surface area contributed by atoms with Gasteiger partial charge in [-0.3, -0.25) is 9.59 Å². The van der Waals surface area contributed by atoms with Crippen LogP contribution in [0.5, 0.6) is 0 Å². The van der Waals surface area contributed by atoms with E-state index in [2.05, 4.69) is 0 Å². The van der Waals surface area contributed by atoms with Gasteiger partial charge in [-0.25, -0.2) is 0 Å². The molecule has 5 heteroatoms. The van der Waals surface area contributed by atoms with Crippen LogP contribution in [0.1, 0.15) is 26.7 Å². The molecule has 0 unspecified atom stereocenters. The highest BCUT2D eigenvalue weighted by molar-refractivity contribution is 6.08. The zero-order valence-corrected chi connectivity index (χ0v) is 10.3. The molecule has 0 aromatic carbocycles. The molecule has 0 bridgehead atoms. The minimum atomic E-state index is -0.691. The van der Waals surface area contributed by atoms with Crippen molar-refractivity contribution in [3.8, 4) is 0 Å². The molecule has 0 heterocycles. The van der Waals surface area contributed by atoms with Gasteiger partial charge in [0.25, 0.3) is 0 Å². The van der Waals surface area contributed by atoms with Gasteiger partial charge in [-0.15, -0.1) is 0 Å². The summed E-state index contributed by atoms with van der Waals surface area (Å²) in [7, 11) is 1.11. The average molecular weight is 204 g/mol. The Morgan fingerprint density at radius 3 is 2.00 bits per heavy atom. The van der Waals surface area contributed by atoms with Crippen LogP contribution in [0.3, 0.4) is 0 Å². The number of carbonyl (C=O) groups is 2. The second-order valence-corrected chi connectivity index (χ2v) is 3.79. The van der Waals surface area contributed by atoms with E-state index >= 15 is 0 Å². The van der Waals surface area contributed by atoms with Gasteiger partial charge in [0, 0.05) is 30.5 Å². The molecule has 0 N–H and O–H groups in total. The summed E-state index contributed by atoms with van der Waals surface area (Å²) >= 11 is 0. The molecule has 0 aliphatic carbocycles. The first-order valence-corrected chi connectivity index (χ1v) is 5.82. The van der Waals surface area contributed by atoms with Crippen LogP contribution in [0, 0.1) is 0 Å². The maximum absolute atomic E-state index is 10.6. The number of hydrogen-bond acceptors (Lipinski definition) is 4. The quantitative estimate of drug-likeness (QED) is 0.359. The summed E-state index contributed by atoms with van der Waals surface area (Å²) in [6.07, 6.45) is 0.837. The van der Waals surface area contributed by atoms with Gasteiger partial charge in [-0.1, -0.05) is 6.04 Å². The molecule has 13 heavy (non-hydrogen) atoms. The summed E-state index contributed by atoms with van der Waals surface area (Å²) in [6.45, 7) is 2.61. The first kappa shape index (κ1) is 12.2. The van der Waals surface area contributed by atoms with Crippen molar-refractivity contribution >= 4 is 22.2 Å². The second kappa shape index (κ2) is 6.65. The molecule has 0 aliphatic heterocycles. The third-order valence-electron chi connectivity index (χ3n) is 1.39. The molecule has 4 nitrogen and oxygen atoms in total. The summed E-state index contributed by atoms with van der Waals surface area (Å²) in [4.78, 5) is 21.2. The van der Waals surface area contributed by atoms with Crippen molar-refractivity contribution in [2.45, 2.75) is 39.0 Å². The summed E-state index contributed by atoms with van der Waals surface area (Å²) in [6, 6.07) is 1.11. The highest BCUT2D eigenvalue weighted by atomic mass is 28.1. The first-order valence-electron chi connectivity index (χ1n) is 4.40. The largest absolute Gasteiger partial charge is 0.425 e. The molecular weight excluding hydrogens is 188 g/mol. The van der Waals surface area contributed by atoms with Gasteiger partial charge in [-0.05, 0) is 6.42 Å². The van der Waals surface area contributed by atoms with E-state index in [4.69, 9.17) is 9.47 Å². The van der Waals surface area contributed by atoms with Crippen LogP contribution >= 0.6 is 0 Å². The van der Waals surface area contributed by atoms with Gasteiger partial charge >= 0.3 is 11.9 Å². The van der Waals surface area contributed by atoms with Gasteiger partial charge in [0.15, 0.2) is 0 Å². The molecule has 0 aromatic rings. The maximum atomic E-state index is 10.6. The minimum Gasteiger partial charge on any atom is -0.425 e. The fourth-order valence-corrected chi connectivity index (χ4v) is 1.29. The Hall–Kier alpha value is -0.843. The summed E-state index contributed by atoms with van der Waals surface area (Å²) < 4.78 is 9.59. The first-order chi connectivity index (χ1) is 6.06. The third-order valence-corrected chi connectivity index (χ3v) is 2.10. The lowest BCUT2D eigenvalue weighted by atomic mass is 10.3. The maximum Gasteiger partial charge on any atom is 0.305 e. The molecule has 0 radical (unpaired) electrons. The number of esters is 2. The number of hydrogen-bond donors (Lipinski definition) is 0. The van der Waals surface area contributed by atoms with E-state index < -0.39 is 18.2 Å². The molecule has 0 spiro atoms. The van der Waals surface area contributed by atoms with E-state index in [9.17, 15) is 9.59 Å². The van der Waals surface area contributed by atoms with E-state index in [0.29, 0.717) is 6.42 Å². The lowest BCUT2D eigenvalue weighted by Gasteiger charge is -2.15. The second-order valence-electron chi connectivity index (χ2n) is 2.79. The van der Waals surface area contributed by atoms with E-state index in [-0.39, 0.29) is 0 Å². The lowest BCUT2D eigenvalue weighted by molar-refractivity contribution is -0.185. The van der Waals surface area contributed by atoms with Crippen molar-refractivity contribution in [1.82, 2.24) is 0 Å². The fraction of sp³-hybridized carbons (Fsp3) is 0.750. The summed E-state index contributed by atoms with van der Waals surface area (Å²) in [5.74, 6) is -0.834. The number of carbonyl (C=O) groups excluding carboxylic acids is 2. The van der Waals surface area contributed by atoms with Crippen molar-refractivity contribution < 1.29 is 19.1 Å². The Kier molecular flexibility index (Phi) is 6.22. The van der Waals surface area contributed by atoms with E-state index in [1.807, 2.05) is 0 Å². The Labute approximate surface area is 81.0 Å². The normalized spacial score (nSPS) is 10.1. The fourth-order valence-electron chi connectivity index (χ4n) is 0.883. The van der Waals surface area contributed by atoms with Crippen molar-refractivity contribution in [2.24, 2.45) is 0 Å². The zero-order chi connectivity index (χ0) is 10.3. The Morgan fingerprint density at radius 1 is 1.23 bits per heavy atom. The predicted octanol–water partition coefficient (Wildman–Crippen LogP) is 0.00260. The van der Waals surface area contributed by atoms with Crippen LogP contribution in [0.2, 0.25) is 6.04 Å². The molecule has 0 aliphatic rings. The Bertz CT molecular complexity index is 165. The van der Waals surface area contributed by atoms with Crippen LogP contribution in [-0.4, -0.2) is 28.5 Å². The van der Waals surface area contributed by atoms with Crippen LogP contribution in [-0.2, 0) is 19.1 Å². The lowest BCUT2D eigenvalue weighted by Crippen LogP contribution is -2.22. The molecule has 0 saturated carbocycles. The Balaban J connectivity index is 3.87. The topological polar surface area (TPSA) is 52.6 Å². The van der Waals surface area contributed by atoms with Crippen LogP contribution in [0.15, 0.2) is 0 Å². The van der Waals surface area contributed by atoms with Crippen LogP contribution in [0.25, 0.3) is 0 Å². The number of ether oxygens (including phenoxy) is 2. The van der Waals surface area contributed by atoms with E-state index in [0.717, 1.165) is 22.7 Å². The van der Waals surface area contributed by atoms with Gasteiger partial charge in [0.2, 0.25) is 6.29 Å². The highest BCUT2D eigenvalue weighted by Gasteiger charge is 2.13. The van der Waals surface area contributed by atoms with Crippen LogP contribution < -0.4 is 0 Å². The van der Waals surface area contributed by atoms with Crippen molar-refractivity contribution in [2.75, 3.05) is 0 Å². The van der Waals surface area contributed by atoms with Crippen molar-refractivity contribution in [1.29, 1.82) is 0 Å². The minimum absolute atomic E-state index is 0.417. The molecule has 0 aromatic heterocycles. The molecule has 0 atom stereocenters. The van der Waals surface area contributed by atoms with E-state index in [1.54, 1.807) is 0 Å². The molecule has 0 fully saturated rings. The number of rotatable bonds is 5.